The first-order chi connectivity index (χ1) is 14.0. The molecule has 0 saturated carbocycles. The Bertz CT molecular complexity index is 1030. The first-order valence-corrected chi connectivity index (χ1v) is 9.85. The average Bonchev–Trinajstić information content (AvgIpc) is 3.06. The highest BCUT2D eigenvalue weighted by Gasteiger charge is 2.27. The van der Waals surface area contributed by atoms with Crippen molar-refractivity contribution in [1.82, 2.24) is 24.7 Å². The number of pyridine rings is 1. The molecule has 3 aromatic heterocycles. The van der Waals surface area contributed by atoms with Gasteiger partial charge in [0.2, 0.25) is 5.91 Å². The van der Waals surface area contributed by atoms with Gasteiger partial charge in [0, 0.05) is 24.5 Å². The molecule has 8 heteroatoms. The van der Waals surface area contributed by atoms with Gasteiger partial charge >= 0.3 is 0 Å². The molecule has 1 amide bonds. The minimum Gasteiger partial charge on any atom is -0.354 e. The lowest BCUT2D eigenvalue weighted by molar-refractivity contribution is -0.120. The van der Waals surface area contributed by atoms with Crippen LogP contribution in [0.3, 0.4) is 0 Å². The predicted octanol–water partition coefficient (Wildman–Crippen LogP) is 2.84. The van der Waals surface area contributed by atoms with Gasteiger partial charge in [0.05, 0.1) is 24.0 Å². The maximum absolute atomic E-state index is 12.8. The number of aromatic nitrogens is 5. The Hall–Kier alpha value is -3.29. The average molecular weight is 391 g/mol. The highest BCUT2D eigenvalue weighted by molar-refractivity contribution is 5.92. The number of hydrogen-bond acceptors (Lipinski definition) is 6. The Morgan fingerprint density at radius 3 is 2.69 bits per heavy atom. The molecule has 29 heavy (non-hydrogen) atoms. The van der Waals surface area contributed by atoms with Gasteiger partial charge in [-0.3, -0.25) is 9.78 Å². The minimum absolute atomic E-state index is 0.00420. The maximum Gasteiger partial charge on any atom is 0.230 e. The largest absolute Gasteiger partial charge is 0.354 e. The summed E-state index contributed by atoms with van der Waals surface area (Å²) in [4.78, 5) is 28.4. The van der Waals surface area contributed by atoms with Crippen molar-refractivity contribution in [2.24, 2.45) is 5.92 Å². The van der Waals surface area contributed by atoms with Crippen LogP contribution in [0.4, 0.5) is 11.6 Å². The van der Waals surface area contributed by atoms with E-state index in [-0.39, 0.29) is 11.8 Å². The van der Waals surface area contributed by atoms with E-state index >= 15 is 0 Å². The summed E-state index contributed by atoms with van der Waals surface area (Å²) in [5, 5.41) is 7.43. The molecule has 4 heterocycles. The number of nitrogens with zero attached hydrogens (tertiary/aromatic N) is 6. The number of carbonyl (C=O) groups excluding carboxylic acids is 1. The molecule has 1 atom stereocenters. The zero-order chi connectivity index (χ0) is 20.4. The van der Waals surface area contributed by atoms with E-state index in [1.165, 1.54) is 0 Å². The third-order valence-corrected chi connectivity index (χ3v) is 5.09. The Morgan fingerprint density at radius 2 is 1.93 bits per heavy atom. The topological polar surface area (TPSA) is 88.8 Å². The fourth-order valence-electron chi connectivity index (χ4n) is 3.70. The van der Waals surface area contributed by atoms with Crippen LogP contribution in [0.2, 0.25) is 0 Å². The highest BCUT2D eigenvalue weighted by Crippen LogP contribution is 2.23. The monoisotopic (exact) mass is 391 g/mol. The van der Waals surface area contributed by atoms with Crippen molar-refractivity contribution in [3.05, 3.63) is 53.7 Å². The van der Waals surface area contributed by atoms with Crippen molar-refractivity contribution in [2.75, 3.05) is 23.3 Å². The third kappa shape index (κ3) is 4.26. The zero-order valence-corrected chi connectivity index (χ0v) is 17.0. The molecule has 4 rings (SSSR count). The first kappa shape index (κ1) is 19.0. The van der Waals surface area contributed by atoms with Crippen LogP contribution in [-0.2, 0) is 4.79 Å². The standard InChI is InChI=1S/C21H25N7O/c1-14-6-4-8-18(23-14)24-21(29)17-7-5-9-27(13-17)19-11-22-12-20(25-19)28-16(3)10-15(2)26-28/h4,6,8,10-12,17H,5,7,9,13H2,1-3H3,(H,23,24,29). The van der Waals surface area contributed by atoms with Crippen molar-refractivity contribution in [1.29, 1.82) is 0 Å². The summed E-state index contributed by atoms with van der Waals surface area (Å²) in [6, 6.07) is 7.63. The van der Waals surface area contributed by atoms with E-state index in [0.717, 1.165) is 42.3 Å². The SMILES string of the molecule is Cc1cccc(NC(=O)C2CCCN(c3cncc(-n4nc(C)cc4C)n3)C2)n1. The van der Waals surface area contributed by atoms with Crippen LogP contribution < -0.4 is 10.2 Å². The molecule has 1 aliphatic heterocycles. The summed E-state index contributed by atoms with van der Waals surface area (Å²) < 4.78 is 1.80. The van der Waals surface area contributed by atoms with E-state index in [4.69, 9.17) is 4.98 Å². The summed E-state index contributed by atoms with van der Waals surface area (Å²) in [6.07, 6.45) is 5.22. The second-order valence-electron chi connectivity index (χ2n) is 7.51. The molecule has 0 aliphatic carbocycles. The molecule has 1 fully saturated rings. The highest BCUT2D eigenvalue weighted by atomic mass is 16.2. The molecule has 1 saturated heterocycles. The van der Waals surface area contributed by atoms with Crippen LogP contribution in [0.25, 0.3) is 5.82 Å². The van der Waals surface area contributed by atoms with Gasteiger partial charge < -0.3 is 10.2 Å². The van der Waals surface area contributed by atoms with Crippen LogP contribution in [0.1, 0.15) is 29.9 Å². The van der Waals surface area contributed by atoms with Gasteiger partial charge in [0.25, 0.3) is 0 Å². The van der Waals surface area contributed by atoms with Gasteiger partial charge in [-0.25, -0.2) is 14.6 Å². The summed E-state index contributed by atoms with van der Waals surface area (Å²) in [7, 11) is 0. The normalized spacial score (nSPS) is 16.7. The number of anilines is 2. The number of nitrogens with one attached hydrogen (secondary N) is 1. The van der Waals surface area contributed by atoms with E-state index in [1.807, 2.05) is 45.0 Å². The molecule has 1 aliphatic rings. The van der Waals surface area contributed by atoms with Gasteiger partial charge in [-0.2, -0.15) is 5.10 Å². The Balaban J connectivity index is 1.49. The zero-order valence-electron chi connectivity index (χ0n) is 17.0. The number of amides is 1. The van der Waals surface area contributed by atoms with E-state index in [2.05, 4.69) is 25.3 Å². The molecule has 8 nitrogen and oxygen atoms in total. The lowest BCUT2D eigenvalue weighted by Gasteiger charge is -2.32. The fourth-order valence-corrected chi connectivity index (χ4v) is 3.70. The lowest BCUT2D eigenvalue weighted by Crippen LogP contribution is -2.41. The second-order valence-corrected chi connectivity index (χ2v) is 7.51. The predicted molar refractivity (Wildman–Crippen MR) is 111 cm³/mol. The second kappa shape index (κ2) is 7.98. The minimum atomic E-state index is -0.120. The number of carbonyl (C=O) groups is 1. The molecular weight excluding hydrogens is 366 g/mol. The molecule has 3 aromatic rings. The van der Waals surface area contributed by atoms with Crippen LogP contribution in [0.15, 0.2) is 36.7 Å². The fraction of sp³-hybridized carbons (Fsp3) is 0.381. The first-order valence-electron chi connectivity index (χ1n) is 9.85. The van der Waals surface area contributed by atoms with Gasteiger partial charge in [-0.1, -0.05) is 6.07 Å². The van der Waals surface area contributed by atoms with Crippen LogP contribution in [0, 0.1) is 26.7 Å². The third-order valence-electron chi connectivity index (χ3n) is 5.09. The van der Waals surface area contributed by atoms with Gasteiger partial charge in [-0.15, -0.1) is 0 Å². The van der Waals surface area contributed by atoms with Crippen molar-refractivity contribution < 1.29 is 4.79 Å². The van der Waals surface area contributed by atoms with E-state index in [0.29, 0.717) is 18.2 Å². The Kier molecular flexibility index (Phi) is 5.24. The number of aryl methyl sites for hydroxylation is 3. The van der Waals surface area contributed by atoms with E-state index in [1.54, 1.807) is 17.1 Å². The quantitative estimate of drug-likeness (QED) is 0.736. The number of rotatable bonds is 4. The van der Waals surface area contributed by atoms with Crippen LogP contribution in [0.5, 0.6) is 0 Å². The van der Waals surface area contributed by atoms with Crippen molar-refractivity contribution in [2.45, 2.75) is 33.6 Å². The molecule has 1 N–H and O–H groups in total. The van der Waals surface area contributed by atoms with Crippen molar-refractivity contribution >= 4 is 17.5 Å². The Labute approximate surface area is 170 Å². The molecule has 0 aromatic carbocycles. The molecular formula is C21H25N7O. The van der Waals surface area contributed by atoms with Gasteiger partial charge in [-0.05, 0) is 51.8 Å². The molecule has 1 unspecified atom stereocenters. The summed E-state index contributed by atoms with van der Waals surface area (Å²) >= 11 is 0. The van der Waals surface area contributed by atoms with Gasteiger partial charge in [0.15, 0.2) is 5.82 Å². The lowest BCUT2D eigenvalue weighted by atomic mass is 9.97. The van der Waals surface area contributed by atoms with Crippen LogP contribution in [-0.4, -0.2) is 43.7 Å². The van der Waals surface area contributed by atoms with Gasteiger partial charge in [0.1, 0.15) is 11.6 Å². The number of hydrogen-bond donors (Lipinski definition) is 1. The Morgan fingerprint density at radius 1 is 1.10 bits per heavy atom. The smallest absolute Gasteiger partial charge is 0.230 e. The van der Waals surface area contributed by atoms with Crippen molar-refractivity contribution in [3.63, 3.8) is 0 Å². The summed E-state index contributed by atoms with van der Waals surface area (Å²) in [5.41, 5.74) is 2.83. The molecule has 0 radical (unpaired) electrons. The number of piperidine rings is 1. The summed E-state index contributed by atoms with van der Waals surface area (Å²) in [6.45, 7) is 7.31. The van der Waals surface area contributed by atoms with Crippen molar-refractivity contribution in [3.8, 4) is 5.82 Å². The summed E-state index contributed by atoms with van der Waals surface area (Å²) in [5.74, 6) is 1.92. The van der Waals surface area contributed by atoms with E-state index in [9.17, 15) is 4.79 Å². The molecule has 150 valence electrons. The molecule has 0 spiro atoms. The molecule has 0 bridgehead atoms. The van der Waals surface area contributed by atoms with Crippen LogP contribution >= 0.6 is 0 Å². The maximum atomic E-state index is 12.8. The van der Waals surface area contributed by atoms with E-state index < -0.39 is 0 Å².